The standard InChI is InChI=1S/C13H13BrO6/c1-17-9-5-7(6-10(18-2)11(9)14)12(15)20-8-3-4-19-13(8)16/h5-6,8H,3-4H2,1-2H3/t8-/m0/s1. The molecule has 1 saturated heterocycles. The first-order chi connectivity index (χ1) is 9.56. The number of rotatable bonds is 4. The number of hydrogen-bond donors (Lipinski definition) is 0. The van der Waals surface area contributed by atoms with Crippen LogP contribution in [0.5, 0.6) is 11.5 Å². The first-order valence-corrected chi connectivity index (χ1v) is 6.65. The van der Waals surface area contributed by atoms with Gasteiger partial charge in [-0.25, -0.2) is 9.59 Å². The Hall–Kier alpha value is -1.76. The van der Waals surface area contributed by atoms with Crippen molar-refractivity contribution in [2.45, 2.75) is 12.5 Å². The Bertz CT molecular complexity index is 517. The highest BCUT2D eigenvalue weighted by atomic mass is 79.9. The van der Waals surface area contributed by atoms with Gasteiger partial charge >= 0.3 is 11.9 Å². The predicted octanol–water partition coefficient (Wildman–Crippen LogP) is 1.94. The van der Waals surface area contributed by atoms with Crippen molar-refractivity contribution < 1.29 is 28.5 Å². The van der Waals surface area contributed by atoms with Crippen LogP contribution in [0, 0.1) is 0 Å². The zero-order chi connectivity index (χ0) is 14.7. The number of esters is 2. The molecule has 0 spiro atoms. The van der Waals surface area contributed by atoms with E-state index < -0.39 is 18.0 Å². The Labute approximate surface area is 124 Å². The summed E-state index contributed by atoms with van der Waals surface area (Å²) in [6.45, 7) is 0.268. The summed E-state index contributed by atoms with van der Waals surface area (Å²) in [4.78, 5) is 23.3. The molecule has 108 valence electrons. The van der Waals surface area contributed by atoms with E-state index in [4.69, 9.17) is 18.9 Å². The second kappa shape index (κ2) is 6.13. The summed E-state index contributed by atoms with van der Waals surface area (Å²) in [6.07, 6.45) is -0.474. The van der Waals surface area contributed by atoms with Crippen LogP contribution in [0.15, 0.2) is 16.6 Å². The fourth-order valence-corrected chi connectivity index (χ4v) is 2.32. The van der Waals surface area contributed by atoms with E-state index in [1.807, 2.05) is 0 Å². The lowest BCUT2D eigenvalue weighted by molar-refractivity contribution is -0.145. The second-order valence-electron chi connectivity index (χ2n) is 4.04. The maximum absolute atomic E-state index is 12.0. The van der Waals surface area contributed by atoms with Crippen LogP contribution in [0.25, 0.3) is 0 Å². The Morgan fingerprint density at radius 1 is 1.30 bits per heavy atom. The molecule has 1 aliphatic heterocycles. The number of benzene rings is 1. The smallest absolute Gasteiger partial charge is 0.347 e. The Balaban J connectivity index is 2.23. The fourth-order valence-electron chi connectivity index (χ4n) is 1.77. The maximum Gasteiger partial charge on any atom is 0.347 e. The SMILES string of the molecule is COc1cc(C(=O)O[C@H]2CCOC2=O)cc(OC)c1Br. The minimum atomic E-state index is -0.844. The zero-order valence-electron chi connectivity index (χ0n) is 11.0. The number of ether oxygens (including phenoxy) is 4. The topological polar surface area (TPSA) is 71.1 Å². The van der Waals surface area contributed by atoms with E-state index in [1.165, 1.54) is 26.4 Å². The Morgan fingerprint density at radius 2 is 1.90 bits per heavy atom. The number of hydrogen-bond acceptors (Lipinski definition) is 6. The Kier molecular flexibility index (Phi) is 4.49. The third-order valence-corrected chi connectivity index (χ3v) is 3.60. The lowest BCUT2D eigenvalue weighted by atomic mass is 10.2. The number of cyclic esters (lactones) is 1. The minimum Gasteiger partial charge on any atom is -0.495 e. The molecule has 0 unspecified atom stereocenters. The van der Waals surface area contributed by atoms with Crippen molar-refractivity contribution in [3.8, 4) is 11.5 Å². The highest BCUT2D eigenvalue weighted by Crippen LogP contribution is 2.35. The van der Waals surface area contributed by atoms with Crippen LogP contribution < -0.4 is 9.47 Å². The summed E-state index contributed by atoms with van der Waals surface area (Å²) in [5, 5.41) is 0. The molecule has 20 heavy (non-hydrogen) atoms. The van der Waals surface area contributed by atoms with Gasteiger partial charge in [0.1, 0.15) is 16.0 Å². The largest absolute Gasteiger partial charge is 0.495 e. The van der Waals surface area contributed by atoms with Gasteiger partial charge < -0.3 is 18.9 Å². The van der Waals surface area contributed by atoms with Crippen molar-refractivity contribution in [3.05, 3.63) is 22.2 Å². The van der Waals surface area contributed by atoms with Crippen molar-refractivity contribution in [2.24, 2.45) is 0 Å². The highest BCUT2D eigenvalue weighted by Gasteiger charge is 2.31. The van der Waals surface area contributed by atoms with E-state index in [9.17, 15) is 9.59 Å². The third-order valence-electron chi connectivity index (χ3n) is 2.82. The molecule has 6 nitrogen and oxygen atoms in total. The van der Waals surface area contributed by atoms with Crippen molar-refractivity contribution in [1.82, 2.24) is 0 Å². The summed E-state index contributed by atoms with van der Waals surface area (Å²) in [5.74, 6) is -0.275. The van der Waals surface area contributed by atoms with Gasteiger partial charge in [0.15, 0.2) is 0 Å². The quantitative estimate of drug-likeness (QED) is 0.777. The van der Waals surface area contributed by atoms with Gasteiger partial charge in [0.25, 0.3) is 0 Å². The van der Waals surface area contributed by atoms with Crippen molar-refractivity contribution >= 4 is 27.9 Å². The molecular weight excluding hydrogens is 332 g/mol. The molecule has 0 amide bonds. The summed E-state index contributed by atoms with van der Waals surface area (Å²) in [6, 6.07) is 3.02. The van der Waals surface area contributed by atoms with Gasteiger partial charge in [-0.15, -0.1) is 0 Å². The first kappa shape index (κ1) is 14.6. The minimum absolute atomic E-state index is 0.238. The van der Waals surface area contributed by atoms with Crippen LogP contribution in [-0.4, -0.2) is 38.9 Å². The highest BCUT2D eigenvalue weighted by molar-refractivity contribution is 9.10. The van der Waals surface area contributed by atoms with Crippen molar-refractivity contribution in [3.63, 3.8) is 0 Å². The molecule has 2 rings (SSSR count). The number of carbonyl (C=O) groups excluding carboxylic acids is 2. The van der Waals surface area contributed by atoms with Crippen LogP contribution in [0.1, 0.15) is 16.8 Å². The first-order valence-electron chi connectivity index (χ1n) is 5.86. The molecule has 1 aromatic rings. The van der Waals surface area contributed by atoms with Gasteiger partial charge in [-0.3, -0.25) is 0 Å². The van der Waals surface area contributed by atoms with Gasteiger partial charge in [-0.2, -0.15) is 0 Å². The van der Waals surface area contributed by atoms with Gasteiger partial charge in [0, 0.05) is 6.42 Å². The van der Waals surface area contributed by atoms with Crippen molar-refractivity contribution in [2.75, 3.05) is 20.8 Å². The zero-order valence-corrected chi connectivity index (χ0v) is 12.6. The molecule has 1 fully saturated rings. The molecule has 0 radical (unpaired) electrons. The summed E-state index contributed by atoms with van der Waals surface area (Å²) in [7, 11) is 2.95. The molecule has 1 aromatic carbocycles. The van der Waals surface area contributed by atoms with Crippen LogP contribution in [0.2, 0.25) is 0 Å². The molecule has 0 aromatic heterocycles. The molecule has 0 aliphatic carbocycles. The van der Waals surface area contributed by atoms with Crippen LogP contribution in [0.4, 0.5) is 0 Å². The fraction of sp³-hybridized carbons (Fsp3) is 0.385. The molecule has 1 aliphatic rings. The lowest BCUT2D eigenvalue weighted by Crippen LogP contribution is -2.22. The summed E-state index contributed by atoms with van der Waals surface area (Å²) < 4.78 is 20.7. The molecule has 1 heterocycles. The third kappa shape index (κ3) is 2.87. The maximum atomic E-state index is 12.0. The molecule has 0 bridgehead atoms. The number of halogens is 1. The monoisotopic (exact) mass is 344 g/mol. The normalized spacial score (nSPS) is 17.6. The second-order valence-corrected chi connectivity index (χ2v) is 4.84. The summed E-state index contributed by atoms with van der Waals surface area (Å²) in [5.41, 5.74) is 0.238. The number of carbonyl (C=O) groups is 2. The summed E-state index contributed by atoms with van der Waals surface area (Å²) >= 11 is 3.31. The van der Waals surface area contributed by atoms with Crippen molar-refractivity contribution in [1.29, 1.82) is 0 Å². The lowest BCUT2D eigenvalue weighted by Gasteiger charge is -2.12. The van der Waals surface area contributed by atoms with E-state index in [1.54, 1.807) is 0 Å². The van der Waals surface area contributed by atoms with E-state index in [2.05, 4.69) is 15.9 Å². The molecular formula is C13H13BrO6. The van der Waals surface area contributed by atoms with Crippen LogP contribution >= 0.6 is 15.9 Å². The number of methoxy groups -OCH3 is 2. The van der Waals surface area contributed by atoms with Gasteiger partial charge in [-0.05, 0) is 28.1 Å². The van der Waals surface area contributed by atoms with Gasteiger partial charge in [0.05, 0.1) is 26.4 Å². The average molecular weight is 345 g/mol. The molecule has 0 saturated carbocycles. The Morgan fingerprint density at radius 3 is 2.35 bits per heavy atom. The average Bonchev–Trinajstić information content (AvgIpc) is 2.84. The van der Waals surface area contributed by atoms with Gasteiger partial charge in [-0.1, -0.05) is 0 Å². The molecule has 0 N–H and O–H groups in total. The van der Waals surface area contributed by atoms with Crippen LogP contribution in [0.3, 0.4) is 0 Å². The predicted molar refractivity (Wildman–Crippen MR) is 72.0 cm³/mol. The van der Waals surface area contributed by atoms with E-state index in [-0.39, 0.29) is 12.2 Å². The van der Waals surface area contributed by atoms with Gasteiger partial charge in [0.2, 0.25) is 6.10 Å². The molecule has 7 heteroatoms. The van der Waals surface area contributed by atoms with E-state index in [0.717, 1.165) is 0 Å². The van der Waals surface area contributed by atoms with Crippen LogP contribution in [-0.2, 0) is 14.3 Å². The molecule has 1 atom stereocenters. The van der Waals surface area contributed by atoms with E-state index in [0.29, 0.717) is 22.4 Å². The van der Waals surface area contributed by atoms with E-state index >= 15 is 0 Å².